The molecule has 6 heteroatoms. The zero-order valence-corrected chi connectivity index (χ0v) is 12.5. The quantitative estimate of drug-likeness (QED) is 0.674. The first-order chi connectivity index (χ1) is 10.7. The van der Waals surface area contributed by atoms with E-state index in [1.165, 1.54) is 17.4 Å². The summed E-state index contributed by atoms with van der Waals surface area (Å²) in [5.74, 6) is 0.192. The normalized spacial score (nSPS) is 12.7. The Morgan fingerprint density at radius 3 is 2.95 bits per heavy atom. The van der Waals surface area contributed by atoms with Crippen molar-refractivity contribution in [2.24, 2.45) is 0 Å². The summed E-state index contributed by atoms with van der Waals surface area (Å²) in [5, 5.41) is 1.80. The summed E-state index contributed by atoms with van der Waals surface area (Å²) in [6.45, 7) is 0.706. The van der Waals surface area contributed by atoms with Gasteiger partial charge in [0.2, 0.25) is 0 Å². The summed E-state index contributed by atoms with van der Waals surface area (Å²) < 4.78 is 5.43. The van der Waals surface area contributed by atoms with E-state index in [-0.39, 0.29) is 11.8 Å². The van der Waals surface area contributed by atoms with Gasteiger partial charge >= 0.3 is 0 Å². The predicted octanol–water partition coefficient (Wildman–Crippen LogP) is 2.16. The monoisotopic (exact) mass is 314 g/mol. The smallest absolute Gasteiger partial charge is 0.279 e. The Hall–Kier alpha value is -2.60. The number of hydrazine groups is 1. The van der Waals surface area contributed by atoms with E-state index < -0.39 is 0 Å². The predicted molar refractivity (Wildman–Crippen MR) is 84.6 cm³/mol. The molecule has 3 rings (SSSR count). The fourth-order valence-electron chi connectivity index (χ4n) is 2.11. The summed E-state index contributed by atoms with van der Waals surface area (Å²) in [4.78, 5) is 23.9. The van der Waals surface area contributed by atoms with Crippen molar-refractivity contribution >= 4 is 29.2 Å². The van der Waals surface area contributed by atoms with Gasteiger partial charge in [-0.2, -0.15) is 0 Å². The number of hydrogen-bond donors (Lipinski definition) is 2. The summed E-state index contributed by atoms with van der Waals surface area (Å²) in [7, 11) is 0. The summed E-state index contributed by atoms with van der Waals surface area (Å²) in [5.41, 5.74) is 6.78. The van der Waals surface area contributed by atoms with Crippen molar-refractivity contribution in [2.45, 2.75) is 6.42 Å². The Morgan fingerprint density at radius 1 is 1.23 bits per heavy atom. The second kappa shape index (κ2) is 6.44. The van der Waals surface area contributed by atoms with E-state index in [1.54, 1.807) is 23.6 Å². The molecule has 2 amide bonds. The molecule has 1 aromatic heterocycles. The highest BCUT2D eigenvalue weighted by Gasteiger charge is 2.11. The van der Waals surface area contributed by atoms with Crippen molar-refractivity contribution in [1.29, 1.82) is 0 Å². The number of nitrogens with one attached hydrogen (secondary N) is 2. The van der Waals surface area contributed by atoms with Crippen LogP contribution in [0.5, 0.6) is 5.75 Å². The van der Waals surface area contributed by atoms with Crippen LogP contribution in [0.1, 0.15) is 20.8 Å². The van der Waals surface area contributed by atoms with Crippen molar-refractivity contribution in [3.63, 3.8) is 0 Å². The van der Waals surface area contributed by atoms with Crippen LogP contribution in [0.4, 0.5) is 0 Å². The largest absolute Gasteiger partial charge is 0.493 e. The second-order valence-corrected chi connectivity index (χ2v) is 5.67. The number of thiophene rings is 1. The molecule has 0 radical (unpaired) electrons. The molecule has 0 spiro atoms. The van der Waals surface area contributed by atoms with Crippen molar-refractivity contribution in [1.82, 2.24) is 10.9 Å². The maximum absolute atomic E-state index is 11.7. The highest BCUT2D eigenvalue weighted by molar-refractivity contribution is 7.12. The molecule has 1 aliphatic rings. The summed E-state index contributed by atoms with van der Waals surface area (Å²) >= 11 is 1.31. The van der Waals surface area contributed by atoms with E-state index in [2.05, 4.69) is 10.9 Å². The van der Waals surface area contributed by atoms with Gasteiger partial charge < -0.3 is 4.74 Å². The minimum Gasteiger partial charge on any atom is -0.493 e. The highest BCUT2D eigenvalue weighted by atomic mass is 32.1. The number of benzene rings is 1. The van der Waals surface area contributed by atoms with E-state index >= 15 is 0 Å². The molecule has 5 nitrogen and oxygen atoms in total. The molecule has 22 heavy (non-hydrogen) atoms. The van der Waals surface area contributed by atoms with Crippen LogP contribution in [0.15, 0.2) is 41.8 Å². The molecule has 0 saturated heterocycles. The summed E-state index contributed by atoms with van der Waals surface area (Å²) in [6.07, 6.45) is 3.97. The number of carbonyl (C=O) groups excluding carboxylic acids is 2. The molecule has 2 heterocycles. The van der Waals surface area contributed by atoms with Gasteiger partial charge in [-0.25, -0.2) is 0 Å². The molecule has 1 aliphatic heterocycles. The fourth-order valence-corrected chi connectivity index (χ4v) is 2.73. The molecule has 0 saturated carbocycles. The van der Waals surface area contributed by atoms with E-state index in [0.29, 0.717) is 11.5 Å². The lowest BCUT2D eigenvalue weighted by Gasteiger charge is -2.03. The van der Waals surface area contributed by atoms with Crippen LogP contribution in [0.2, 0.25) is 0 Å². The van der Waals surface area contributed by atoms with Crippen LogP contribution in [0.25, 0.3) is 6.08 Å². The highest BCUT2D eigenvalue weighted by Crippen LogP contribution is 2.26. The topological polar surface area (TPSA) is 67.4 Å². The van der Waals surface area contributed by atoms with Gasteiger partial charge in [0.1, 0.15) is 5.75 Å². The van der Waals surface area contributed by atoms with Crippen LogP contribution in [-0.2, 0) is 11.2 Å². The molecule has 112 valence electrons. The minimum atomic E-state index is -0.387. The molecule has 0 unspecified atom stereocenters. The Morgan fingerprint density at radius 2 is 2.14 bits per heavy atom. The first-order valence-electron chi connectivity index (χ1n) is 6.80. The molecule has 0 fully saturated rings. The van der Waals surface area contributed by atoms with Gasteiger partial charge in [0.25, 0.3) is 11.8 Å². The van der Waals surface area contributed by atoms with Gasteiger partial charge in [-0.3, -0.25) is 20.4 Å². The van der Waals surface area contributed by atoms with E-state index in [0.717, 1.165) is 23.3 Å². The Kier molecular flexibility index (Phi) is 4.20. The van der Waals surface area contributed by atoms with Crippen molar-refractivity contribution in [2.75, 3.05) is 6.61 Å². The third-order valence-corrected chi connectivity index (χ3v) is 4.05. The molecule has 2 N–H and O–H groups in total. The third kappa shape index (κ3) is 3.35. The first-order valence-corrected chi connectivity index (χ1v) is 7.68. The Bertz CT molecular complexity index is 723. The third-order valence-electron chi connectivity index (χ3n) is 3.18. The van der Waals surface area contributed by atoms with Gasteiger partial charge in [-0.15, -0.1) is 11.3 Å². The van der Waals surface area contributed by atoms with Crippen molar-refractivity contribution < 1.29 is 14.3 Å². The van der Waals surface area contributed by atoms with Gasteiger partial charge in [-0.05, 0) is 40.8 Å². The number of ether oxygens (including phenoxy) is 1. The summed E-state index contributed by atoms with van der Waals surface area (Å²) in [6, 6.07) is 9.25. The van der Waals surface area contributed by atoms with Crippen LogP contribution >= 0.6 is 11.3 Å². The van der Waals surface area contributed by atoms with Gasteiger partial charge in [0.15, 0.2) is 0 Å². The number of fused-ring (bicyclic) bond motifs is 1. The maximum Gasteiger partial charge on any atom is 0.279 e. The number of hydrogen-bond acceptors (Lipinski definition) is 4. The van der Waals surface area contributed by atoms with Crippen molar-refractivity contribution in [3.05, 3.63) is 57.8 Å². The first kappa shape index (κ1) is 14.3. The molecule has 0 aliphatic carbocycles. The number of rotatable bonds is 3. The van der Waals surface area contributed by atoms with Crippen molar-refractivity contribution in [3.8, 4) is 5.75 Å². The Labute approximate surface area is 131 Å². The number of carbonyl (C=O) groups is 2. The van der Waals surface area contributed by atoms with E-state index in [4.69, 9.17) is 4.74 Å². The van der Waals surface area contributed by atoms with Gasteiger partial charge in [0, 0.05) is 12.5 Å². The Balaban J connectivity index is 1.54. The lowest BCUT2D eigenvalue weighted by atomic mass is 10.1. The van der Waals surface area contributed by atoms with Gasteiger partial charge in [-0.1, -0.05) is 12.1 Å². The number of amides is 2. The minimum absolute atomic E-state index is 0.327. The molecule has 2 aromatic rings. The average molecular weight is 314 g/mol. The molecular weight excluding hydrogens is 300 g/mol. The van der Waals surface area contributed by atoms with Crippen LogP contribution < -0.4 is 15.6 Å². The van der Waals surface area contributed by atoms with Crippen LogP contribution in [0, 0.1) is 0 Å². The molecular formula is C16H14N2O3S. The van der Waals surface area contributed by atoms with E-state index in [1.807, 2.05) is 18.2 Å². The lowest BCUT2D eigenvalue weighted by molar-refractivity contribution is -0.117. The zero-order chi connectivity index (χ0) is 15.4. The van der Waals surface area contributed by atoms with Crippen LogP contribution in [-0.4, -0.2) is 18.4 Å². The molecule has 0 atom stereocenters. The van der Waals surface area contributed by atoms with Crippen LogP contribution in [0.3, 0.4) is 0 Å². The molecule has 0 bridgehead atoms. The standard InChI is InChI=1S/C16H14N2O3S/c19-15(17-18-16(20)14-2-1-9-22-14)6-4-11-3-5-13-12(10-11)7-8-21-13/h1-6,9-10H,7-8H2,(H,17,19)(H,18,20)/b6-4+. The zero-order valence-electron chi connectivity index (χ0n) is 11.7. The van der Waals surface area contributed by atoms with Gasteiger partial charge in [0.05, 0.1) is 11.5 Å². The molecule has 1 aromatic carbocycles. The fraction of sp³-hybridized carbons (Fsp3) is 0.125. The lowest BCUT2D eigenvalue weighted by Crippen LogP contribution is -2.40. The SMILES string of the molecule is O=C(/C=C/c1ccc2c(c1)CCO2)NNC(=O)c1cccs1. The van der Waals surface area contributed by atoms with E-state index in [9.17, 15) is 9.59 Å². The second-order valence-electron chi connectivity index (χ2n) is 4.72. The average Bonchev–Trinajstić information content (AvgIpc) is 3.20. The maximum atomic E-state index is 11.7.